The van der Waals surface area contributed by atoms with E-state index >= 15 is 0 Å². The van der Waals surface area contributed by atoms with E-state index in [-0.39, 0.29) is 18.0 Å². The molecule has 1 fully saturated rings. The number of rotatable bonds is 2. The van der Waals surface area contributed by atoms with E-state index in [1.54, 1.807) is 4.90 Å². The number of anilines is 2. The van der Waals surface area contributed by atoms with E-state index in [1.807, 2.05) is 51.1 Å². The summed E-state index contributed by atoms with van der Waals surface area (Å²) in [6.45, 7) is 7.26. The van der Waals surface area contributed by atoms with Crippen LogP contribution < -0.4 is 10.2 Å². The molecule has 2 heterocycles. The van der Waals surface area contributed by atoms with Gasteiger partial charge in [0.05, 0.1) is 17.4 Å². The monoisotopic (exact) mass is 419 g/mol. The smallest absolute Gasteiger partial charge is 0.410 e. The number of carbonyl (C=O) groups excluding carboxylic acids is 2. The van der Waals surface area contributed by atoms with Crippen LogP contribution >= 0.6 is 0 Å². The Labute approximate surface area is 183 Å². The third-order valence-corrected chi connectivity index (χ3v) is 5.43. The number of carbonyl (C=O) groups is 2. The predicted molar refractivity (Wildman–Crippen MR) is 124 cm³/mol. The molecule has 0 radical (unpaired) electrons. The first kappa shape index (κ1) is 21.0. The molecule has 2 aromatic rings. The maximum Gasteiger partial charge on any atom is 0.410 e. The molecule has 162 valence electrons. The second-order valence-corrected chi connectivity index (χ2v) is 9.05. The number of hydrogen-bond donors (Lipinski definition) is 1. The number of piperazine rings is 1. The van der Waals surface area contributed by atoms with E-state index in [2.05, 4.69) is 40.6 Å². The molecule has 1 N–H and O–H groups in total. The van der Waals surface area contributed by atoms with E-state index < -0.39 is 5.60 Å². The van der Waals surface area contributed by atoms with Crippen molar-refractivity contribution in [3.8, 4) is 0 Å². The molecule has 1 unspecified atom stereocenters. The second kappa shape index (κ2) is 8.46. The molecule has 31 heavy (non-hydrogen) atoms. The van der Waals surface area contributed by atoms with Gasteiger partial charge in [-0.3, -0.25) is 4.79 Å². The Morgan fingerprint density at radius 2 is 1.81 bits per heavy atom. The van der Waals surface area contributed by atoms with Crippen molar-refractivity contribution in [1.82, 2.24) is 4.90 Å². The van der Waals surface area contributed by atoms with Gasteiger partial charge in [-0.2, -0.15) is 0 Å². The summed E-state index contributed by atoms with van der Waals surface area (Å²) >= 11 is 0. The highest BCUT2D eigenvalue weighted by molar-refractivity contribution is 5.97. The molecule has 0 bridgehead atoms. The van der Waals surface area contributed by atoms with E-state index in [9.17, 15) is 9.59 Å². The van der Waals surface area contributed by atoms with Gasteiger partial charge >= 0.3 is 6.09 Å². The standard InChI is InChI=1S/C25H29N3O3/c1-25(2,3)31-24(30)27-13-14-28-20(17-27)16-23(29)26-21-12-11-19(15-22(21)28)10-9-18-7-5-4-6-8-18/h4-12,15,20H,13-14,16-17H2,1-3H3,(H,26,29). The van der Waals surface area contributed by atoms with Crippen molar-refractivity contribution in [2.45, 2.75) is 38.8 Å². The van der Waals surface area contributed by atoms with Crippen LogP contribution in [0.3, 0.4) is 0 Å². The molecular formula is C25H29N3O3. The number of benzene rings is 2. The van der Waals surface area contributed by atoms with Crippen molar-refractivity contribution in [2.75, 3.05) is 29.9 Å². The normalized spacial score (nSPS) is 18.8. The lowest BCUT2D eigenvalue weighted by molar-refractivity contribution is -0.116. The number of fused-ring (bicyclic) bond motifs is 3. The van der Waals surface area contributed by atoms with Gasteiger partial charge in [0.15, 0.2) is 0 Å². The van der Waals surface area contributed by atoms with Crippen molar-refractivity contribution in [3.05, 3.63) is 59.7 Å². The quantitative estimate of drug-likeness (QED) is 0.722. The highest BCUT2D eigenvalue weighted by Crippen LogP contribution is 2.34. The molecule has 2 aliphatic rings. The first-order valence-corrected chi connectivity index (χ1v) is 10.7. The molecule has 2 aliphatic heterocycles. The molecule has 6 heteroatoms. The van der Waals surface area contributed by atoms with Crippen LogP contribution in [-0.4, -0.2) is 48.2 Å². The van der Waals surface area contributed by atoms with Gasteiger partial charge in [-0.25, -0.2) is 4.79 Å². The molecule has 2 amide bonds. The van der Waals surface area contributed by atoms with Crippen LogP contribution in [0.15, 0.2) is 48.5 Å². The molecule has 0 spiro atoms. The second-order valence-electron chi connectivity index (χ2n) is 9.05. The Hall–Kier alpha value is -3.28. The van der Waals surface area contributed by atoms with Crippen LogP contribution in [-0.2, 0) is 9.53 Å². The fraction of sp³-hybridized carbons (Fsp3) is 0.360. The van der Waals surface area contributed by atoms with Crippen molar-refractivity contribution >= 4 is 35.5 Å². The number of nitrogens with zero attached hydrogens (tertiary/aromatic N) is 2. The van der Waals surface area contributed by atoms with Gasteiger partial charge in [0.1, 0.15) is 5.60 Å². The number of amides is 2. The predicted octanol–water partition coefficient (Wildman–Crippen LogP) is 4.62. The molecule has 1 saturated heterocycles. The molecular weight excluding hydrogens is 390 g/mol. The van der Waals surface area contributed by atoms with Gasteiger partial charge in [0.25, 0.3) is 0 Å². The molecule has 6 nitrogen and oxygen atoms in total. The average molecular weight is 420 g/mol. The summed E-state index contributed by atoms with van der Waals surface area (Å²) in [7, 11) is 0. The van der Waals surface area contributed by atoms with Crippen LogP contribution in [0.5, 0.6) is 0 Å². The Kier molecular flexibility index (Phi) is 5.72. The minimum Gasteiger partial charge on any atom is -0.444 e. The summed E-state index contributed by atoms with van der Waals surface area (Å²) in [6.07, 6.45) is 4.17. The summed E-state index contributed by atoms with van der Waals surface area (Å²) in [5.41, 5.74) is 3.47. The van der Waals surface area contributed by atoms with Crippen LogP contribution in [0.4, 0.5) is 16.2 Å². The maximum absolute atomic E-state index is 12.6. The van der Waals surface area contributed by atoms with Crippen molar-refractivity contribution in [3.63, 3.8) is 0 Å². The first-order chi connectivity index (χ1) is 14.8. The van der Waals surface area contributed by atoms with Crippen LogP contribution in [0.2, 0.25) is 0 Å². The summed E-state index contributed by atoms with van der Waals surface area (Å²) in [6, 6.07) is 16.1. The van der Waals surface area contributed by atoms with Gasteiger partial charge in [0.2, 0.25) is 5.91 Å². The highest BCUT2D eigenvalue weighted by atomic mass is 16.6. The molecule has 4 rings (SSSR count). The van der Waals surface area contributed by atoms with Crippen LogP contribution in [0.25, 0.3) is 12.2 Å². The molecule has 1 atom stereocenters. The van der Waals surface area contributed by atoms with Crippen molar-refractivity contribution in [2.24, 2.45) is 0 Å². The van der Waals surface area contributed by atoms with Crippen LogP contribution in [0, 0.1) is 0 Å². The topological polar surface area (TPSA) is 61.9 Å². The first-order valence-electron chi connectivity index (χ1n) is 10.7. The highest BCUT2D eigenvalue weighted by Gasteiger charge is 2.36. The zero-order chi connectivity index (χ0) is 22.0. The summed E-state index contributed by atoms with van der Waals surface area (Å²) < 4.78 is 5.54. The zero-order valence-electron chi connectivity index (χ0n) is 18.3. The summed E-state index contributed by atoms with van der Waals surface area (Å²) in [4.78, 5) is 29.0. The van der Waals surface area contributed by atoms with E-state index in [0.29, 0.717) is 26.1 Å². The van der Waals surface area contributed by atoms with Gasteiger partial charge < -0.3 is 19.9 Å². The van der Waals surface area contributed by atoms with E-state index in [1.165, 1.54) is 0 Å². The Morgan fingerprint density at radius 3 is 2.55 bits per heavy atom. The third-order valence-electron chi connectivity index (χ3n) is 5.43. The summed E-state index contributed by atoms with van der Waals surface area (Å²) in [5.74, 6) is -0.0348. The van der Waals surface area contributed by atoms with E-state index in [0.717, 1.165) is 22.5 Å². The SMILES string of the molecule is CC(C)(C)OC(=O)N1CCN2c3cc(C=Cc4ccccc4)ccc3NC(=O)CC2C1. The lowest BCUT2D eigenvalue weighted by atomic mass is 10.1. The lowest BCUT2D eigenvalue weighted by Crippen LogP contribution is -2.55. The number of hydrogen-bond acceptors (Lipinski definition) is 4. The van der Waals surface area contributed by atoms with Gasteiger partial charge in [-0.15, -0.1) is 0 Å². The third kappa shape index (κ3) is 5.08. The van der Waals surface area contributed by atoms with Gasteiger partial charge in [-0.05, 0) is 44.0 Å². The average Bonchev–Trinajstić information content (AvgIpc) is 2.86. The Morgan fingerprint density at radius 1 is 1.06 bits per heavy atom. The Balaban J connectivity index is 1.56. The van der Waals surface area contributed by atoms with E-state index in [4.69, 9.17) is 4.74 Å². The minimum atomic E-state index is -0.540. The van der Waals surface area contributed by atoms with Gasteiger partial charge in [0, 0.05) is 26.1 Å². The largest absolute Gasteiger partial charge is 0.444 e. The van der Waals surface area contributed by atoms with Gasteiger partial charge in [-0.1, -0.05) is 48.6 Å². The minimum absolute atomic E-state index is 0.0348. The van der Waals surface area contributed by atoms with Crippen molar-refractivity contribution in [1.29, 1.82) is 0 Å². The fourth-order valence-corrected chi connectivity index (χ4v) is 4.01. The number of ether oxygens (including phenoxy) is 1. The molecule has 0 saturated carbocycles. The lowest BCUT2D eigenvalue weighted by Gasteiger charge is -2.42. The zero-order valence-corrected chi connectivity index (χ0v) is 18.3. The number of nitrogens with one attached hydrogen (secondary N) is 1. The molecule has 0 aliphatic carbocycles. The summed E-state index contributed by atoms with van der Waals surface area (Å²) in [5, 5.41) is 3.02. The Bertz CT molecular complexity index is 995. The van der Waals surface area contributed by atoms with Crippen LogP contribution in [0.1, 0.15) is 38.3 Å². The molecule has 0 aromatic heterocycles. The fourth-order valence-electron chi connectivity index (χ4n) is 4.01. The maximum atomic E-state index is 12.6. The van der Waals surface area contributed by atoms with Crippen molar-refractivity contribution < 1.29 is 14.3 Å². The molecule has 2 aromatic carbocycles.